The average Bonchev–Trinajstić information content (AvgIpc) is 2.29. The first-order valence-corrected chi connectivity index (χ1v) is 4.96. The molecule has 0 unspecified atom stereocenters. The molecule has 0 fully saturated rings. The second-order valence-corrected chi connectivity index (χ2v) is 3.60. The van der Waals surface area contributed by atoms with Crippen LogP contribution in [0, 0.1) is 6.92 Å². The summed E-state index contributed by atoms with van der Waals surface area (Å²) in [5, 5.41) is 14.4. The molecule has 0 aliphatic rings. The number of aromatic nitrogens is 2. The van der Waals surface area contributed by atoms with E-state index in [1.54, 1.807) is 6.07 Å². The number of nitrogens with zero attached hydrogens (tertiary/aromatic N) is 2. The number of carbonyl (C=O) groups excluding carboxylic acids is 1. The van der Waals surface area contributed by atoms with Gasteiger partial charge in [0.1, 0.15) is 0 Å². The van der Waals surface area contributed by atoms with E-state index < -0.39 is 17.1 Å². The zero-order chi connectivity index (χ0) is 12.4. The van der Waals surface area contributed by atoms with Crippen LogP contribution >= 0.6 is 0 Å². The van der Waals surface area contributed by atoms with E-state index in [9.17, 15) is 14.7 Å². The molecule has 0 aliphatic carbocycles. The summed E-state index contributed by atoms with van der Waals surface area (Å²) < 4.78 is 1.33. The second-order valence-electron chi connectivity index (χ2n) is 3.60. The molecule has 5 heteroatoms. The van der Waals surface area contributed by atoms with Crippen molar-refractivity contribution >= 4 is 5.97 Å². The largest absolute Gasteiger partial charge is 0.543 e. The van der Waals surface area contributed by atoms with Crippen molar-refractivity contribution < 1.29 is 9.90 Å². The molecule has 2 rings (SSSR count). The van der Waals surface area contributed by atoms with Crippen LogP contribution in [0.1, 0.15) is 16.1 Å². The van der Waals surface area contributed by atoms with Gasteiger partial charge in [0, 0.05) is 12.3 Å². The summed E-state index contributed by atoms with van der Waals surface area (Å²) in [7, 11) is 0. The van der Waals surface area contributed by atoms with Crippen molar-refractivity contribution in [3.8, 4) is 5.69 Å². The molecule has 17 heavy (non-hydrogen) atoms. The van der Waals surface area contributed by atoms with Crippen LogP contribution in [-0.2, 0) is 0 Å². The van der Waals surface area contributed by atoms with Gasteiger partial charge in [-0.1, -0.05) is 12.1 Å². The van der Waals surface area contributed by atoms with Gasteiger partial charge in [0.25, 0.3) is 0 Å². The second kappa shape index (κ2) is 4.21. The van der Waals surface area contributed by atoms with E-state index in [0.29, 0.717) is 5.69 Å². The Bertz CT molecular complexity index is 632. The summed E-state index contributed by atoms with van der Waals surface area (Å²) in [6, 6.07) is 8.48. The maximum atomic E-state index is 11.2. The van der Waals surface area contributed by atoms with Gasteiger partial charge in [-0.15, -0.1) is 0 Å². The highest BCUT2D eigenvalue weighted by Gasteiger charge is 2.04. The molecule has 0 bridgehead atoms. The smallest absolute Gasteiger partial charge is 0.209 e. The minimum Gasteiger partial charge on any atom is -0.543 e. The van der Waals surface area contributed by atoms with Gasteiger partial charge in [-0.3, -0.25) is 4.79 Å². The summed E-state index contributed by atoms with van der Waals surface area (Å²) in [5.74, 6) is -1.57. The molecule has 0 aliphatic heterocycles. The fourth-order valence-electron chi connectivity index (χ4n) is 1.46. The standard InChI is InChI=1S/C12H10N2O3/c1-8-3-2-4-9(7-8)14-6-5-10(15)11(13-14)12(16)17/h2-7H,1H3,(H,16,17)/p-1. The number of carbonyl (C=O) groups is 1. The number of carboxylic acids is 1. The molecule has 0 amide bonds. The molecular weight excluding hydrogens is 220 g/mol. The lowest BCUT2D eigenvalue weighted by molar-refractivity contribution is -0.255. The van der Waals surface area contributed by atoms with Gasteiger partial charge in [-0.2, -0.15) is 5.10 Å². The van der Waals surface area contributed by atoms with Gasteiger partial charge in [-0.05, 0) is 24.6 Å². The summed E-state index contributed by atoms with van der Waals surface area (Å²) >= 11 is 0. The van der Waals surface area contributed by atoms with Crippen LogP contribution in [-0.4, -0.2) is 15.7 Å². The monoisotopic (exact) mass is 229 g/mol. The maximum absolute atomic E-state index is 11.2. The Kier molecular flexibility index (Phi) is 2.74. The van der Waals surface area contributed by atoms with Gasteiger partial charge < -0.3 is 9.90 Å². The van der Waals surface area contributed by atoms with Crippen LogP contribution in [0.3, 0.4) is 0 Å². The van der Waals surface area contributed by atoms with Crippen LogP contribution in [0.2, 0.25) is 0 Å². The third-order valence-corrected chi connectivity index (χ3v) is 2.27. The lowest BCUT2D eigenvalue weighted by Crippen LogP contribution is -2.31. The number of rotatable bonds is 2. The summed E-state index contributed by atoms with van der Waals surface area (Å²) in [5.41, 5.74) is 0.452. The SMILES string of the molecule is Cc1cccc(-n2ccc(=O)c(C(=O)[O-])n2)c1. The van der Waals surface area contributed by atoms with Gasteiger partial charge in [-0.25, -0.2) is 4.68 Å². The van der Waals surface area contributed by atoms with E-state index in [4.69, 9.17) is 0 Å². The molecule has 0 saturated carbocycles. The third-order valence-electron chi connectivity index (χ3n) is 2.27. The maximum Gasteiger partial charge on any atom is 0.209 e. The number of hydrogen-bond donors (Lipinski definition) is 0. The Balaban J connectivity index is 2.58. The summed E-state index contributed by atoms with van der Waals surface area (Å²) in [4.78, 5) is 21.9. The Morgan fingerprint density at radius 2 is 2.12 bits per heavy atom. The first-order chi connectivity index (χ1) is 8.08. The van der Waals surface area contributed by atoms with Gasteiger partial charge >= 0.3 is 0 Å². The van der Waals surface area contributed by atoms with Crippen LogP contribution in [0.4, 0.5) is 0 Å². The lowest BCUT2D eigenvalue weighted by Gasteiger charge is -2.08. The van der Waals surface area contributed by atoms with E-state index in [1.165, 1.54) is 10.9 Å². The minimum absolute atomic E-state index is 0.589. The quantitative estimate of drug-likeness (QED) is 0.721. The van der Waals surface area contributed by atoms with Crippen LogP contribution in [0.15, 0.2) is 41.3 Å². The van der Waals surface area contributed by atoms with Gasteiger partial charge in [0.05, 0.1) is 11.7 Å². The minimum atomic E-state index is -1.57. The van der Waals surface area contributed by atoms with E-state index in [2.05, 4.69) is 5.10 Å². The highest BCUT2D eigenvalue weighted by Crippen LogP contribution is 2.07. The topological polar surface area (TPSA) is 75.0 Å². The summed E-state index contributed by atoms with van der Waals surface area (Å²) in [6.45, 7) is 1.91. The normalized spacial score (nSPS) is 10.2. The van der Waals surface area contributed by atoms with Crippen LogP contribution < -0.4 is 10.5 Å². The molecule has 2 aromatic rings. The van der Waals surface area contributed by atoms with Crippen molar-refractivity contribution in [1.82, 2.24) is 9.78 Å². The van der Waals surface area contributed by atoms with Gasteiger partial charge in [0.15, 0.2) is 5.69 Å². The molecule has 1 aromatic carbocycles. The predicted octanol–water partition coefficient (Wildman–Crippen LogP) is -0.0956. The molecule has 0 N–H and O–H groups in total. The lowest BCUT2D eigenvalue weighted by atomic mass is 10.2. The van der Waals surface area contributed by atoms with Gasteiger partial charge in [0.2, 0.25) is 5.43 Å². The molecule has 0 atom stereocenters. The number of aryl methyl sites for hydroxylation is 1. The molecule has 5 nitrogen and oxygen atoms in total. The molecule has 1 aromatic heterocycles. The third kappa shape index (κ3) is 2.23. The molecule has 86 valence electrons. The molecule has 0 radical (unpaired) electrons. The number of carboxylic acid groups (broad SMARTS) is 1. The van der Waals surface area contributed by atoms with Crippen molar-refractivity contribution in [2.24, 2.45) is 0 Å². The number of aromatic carboxylic acids is 1. The Labute approximate surface area is 97.0 Å². The molecule has 0 saturated heterocycles. The zero-order valence-electron chi connectivity index (χ0n) is 9.08. The van der Waals surface area contributed by atoms with Crippen molar-refractivity contribution in [3.63, 3.8) is 0 Å². The predicted molar refractivity (Wildman–Crippen MR) is 58.9 cm³/mol. The van der Waals surface area contributed by atoms with Crippen molar-refractivity contribution in [1.29, 1.82) is 0 Å². The fraction of sp³-hybridized carbons (Fsp3) is 0.0833. The number of benzene rings is 1. The van der Waals surface area contributed by atoms with E-state index in [0.717, 1.165) is 11.6 Å². The van der Waals surface area contributed by atoms with E-state index >= 15 is 0 Å². The van der Waals surface area contributed by atoms with E-state index in [1.807, 2.05) is 25.1 Å². The highest BCUT2D eigenvalue weighted by molar-refractivity contribution is 5.82. The fourth-order valence-corrected chi connectivity index (χ4v) is 1.46. The Hall–Kier alpha value is -2.43. The van der Waals surface area contributed by atoms with E-state index in [-0.39, 0.29) is 0 Å². The zero-order valence-corrected chi connectivity index (χ0v) is 9.08. The van der Waals surface area contributed by atoms with Crippen molar-refractivity contribution in [3.05, 3.63) is 58.0 Å². The Morgan fingerprint density at radius 1 is 1.35 bits per heavy atom. The van der Waals surface area contributed by atoms with Crippen LogP contribution in [0.5, 0.6) is 0 Å². The highest BCUT2D eigenvalue weighted by atomic mass is 16.4. The first-order valence-electron chi connectivity index (χ1n) is 4.96. The molecular formula is C12H9N2O3-. The van der Waals surface area contributed by atoms with Crippen molar-refractivity contribution in [2.75, 3.05) is 0 Å². The summed E-state index contributed by atoms with van der Waals surface area (Å²) in [6.07, 6.45) is 1.42. The molecule has 1 heterocycles. The molecule has 0 spiro atoms. The van der Waals surface area contributed by atoms with Crippen molar-refractivity contribution in [2.45, 2.75) is 6.92 Å². The average molecular weight is 229 g/mol. The van der Waals surface area contributed by atoms with Crippen LogP contribution in [0.25, 0.3) is 5.69 Å². The number of hydrogen-bond acceptors (Lipinski definition) is 4. The first kappa shape index (κ1) is 11.1. The Morgan fingerprint density at radius 3 is 2.76 bits per heavy atom.